The van der Waals surface area contributed by atoms with Gasteiger partial charge in [-0.1, -0.05) is 308 Å². The standard InChI is InChI=1S/C21H38O5.C20H36O5.C20H34O4.C19H34O5.C18H32O5.C18H30O4/c1-5-6-11-14-17(22)18(23)21(4,26)16-13-10-8-7-9-12-15-20(2,3)19(24)25;1-4-5-10-13-16(21)18(23)17(22)14-11-8-6-7-9-12-15-20(2,3)19(24)25;1-4-5-6-7-10-13-16(21)18-17(24-18)14-11-8-9-12-15-20(2,3)19(22)23;1-3-4-10-13-16(20)18(23)19(2,24)15-12-9-7-5-6-8-11-14-17(21)22;1-2-3-9-12-15(19)18(23)16(20)13-10-7-5-4-6-8-11-14-17(21)22;1-2-3-4-6-9-12-15(19)18-16(22-18)13-10-7-5-8-11-14-17(20)21/h17-18,22-23,26H,5-12,14-15H2,1-4H3,(H,24,25);16-18,21-23H,4-10,12-13,15H2,1-3H3,(H,24,25);16-18,21H,4-9,11-12,14-15H2,1-3H3,(H,22,23);16,18,20,23-24H,3-11,13-14H2,1-2H3,(H,21,22);15-16,18-20,23H,2-9,11-12,14H2,1H3,(H,21,22);15-16,18-19H,2-8,10-11,13-14H2,1H3,(H,20,21). The van der Waals surface area contributed by atoms with Crippen LogP contribution in [0.25, 0.3) is 0 Å². The Bertz CT molecular complexity index is 3640. The third-order valence-electron chi connectivity index (χ3n) is 25.8. The predicted octanol–water partition coefficient (Wildman–Crippen LogP) is 19.6. The Hall–Kier alpha value is -6.46. The number of carboxylic acids is 6. The Morgan fingerprint density at radius 1 is 0.264 bits per heavy atom. The molecule has 2 rings (SSSR count). The van der Waals surface area contributed by atoms with Gasteiger partial charge in [-0.05, 0) is 171 Å². The lowest BCUT2D eigenvalue weighted by Crippen LogP contribution is -2.45. The van der Waals surface area contributed by atoms with E-state index in [9.17, 15) is 100 Å². The van der Waals surface area contributed by atoms with E-state index in [1.54, 1.807) is 41.5 Å². The highest BCUT2D eigenvalue weighted by Gasteiger charge is 2.44. The van der Waals surface area contributed by atoms with E-state index in [2.05, 4.69) is 113 Å². The van der Waals surface area contributed by atoms with Crippen LogP contribution in [-0.4, -0.2) is 247 Å². The van der Waals surface area contributed by atoms with Gasteiger partial charge in [-0.3, -0.25) is 28.8 Å². The highest BCUT2D eigenvalue weighted by Crippen LogP contribution is 2.34. The fourth-order valence-corrected chi connectivity index (χ4v) is 15.2. The van der Waals surface area contributed by atoms with Crippen LogP contribution in [0.4, 0.5) is 0 Å². The second-order valence-corrected chi connectivity index (χ2v) is 41.6. The summed E-state index contributed by atoms with van der Waals surface area (Å²) in [6.07, 6.45) is 42.2. The molecule has 0 bridgehead atoms. The normalized spacial score (nSPS) is 17.2. The van der Waals surface area contributed by atoms with Gasteiger partial charge < -0.3 is 112 Å². The van der Waals surface area contributed by atoms with Gasteiger partial charge in [0.05, 0.1) is 52.9 Å². The molecule has 0 aliphatic carbocycles. The van der Waals surface area contributed by atoms with Crippen LogP contribution in [0.15, 0.2) is 0 Å². The molecule has 18 unspecified atom stereocenters. The van der Waals surface area contributed by atoms with Gasteiger partial charge in [-0.15, -0.1) is 35.5 Å². The number of carbonyl (C=O) groups is 6. The quantitative estimate of drug-likeness (QED) is 0.0153. The van der Waals surface area contributed by atoms with Crippen molar-refractivity contribution in [1.82, 2.24) is 0 Å². The molecule has 836 valence electrons. The maximum Gasteiger partial charge on any atom is 0.309 e. The van der Waals surface area contributed by atoms with Crippen molar-refractivity contribution < 1.29 is 140 Å². The monoisotopic (exact) mass is 2050 g/mol. The van der Waals surface area contributed by atoms with E-state index >= 15 is 0 Å². The van der Waals surface area contributed by atoms with Crippen molar-refractivity contribution in [3.05, 3.63) is 0 Å². The number of unbranched alkanes of at least 4 members (excludes halogenated alkanes) is 39. The first kappa shape index (κ1) is 144. The molecule has 0 saturated carbocycles. The third kappa shape index (κ3) is 83.4. The minimum atomic E-state index is -1.61. The molecule has 20 N–H and O–H groups in total. The first-order valence-electron chi connectivity index (χ1n) is 55.3. The number of hydrogen-bond donors (Lipinski definition) is 20. The first-order chi connectivity index (χ1) is 68.1. The second kappa shape index (κ2) is 90.4. The van der Waals surface area contributed by atoms with E-state index in [1.807, 2.05) is 0 Å². The number of rotatable bonds is 76. The molecule has 0 aromatic heterocycles. The van der Waals surface area contributed by atoms with Gasteiger partial charge in [0.25, 0.3) is 0 Å². The number of aliphatic carboxylic acids is 6. The molecule has 0 aromatic rings. The summed E-state index contributed by atoms with van der Waals surface area (Å²) < 4.78 is 11.0. The smallest absolute Gasteiger partial charge is 0.309 e. The van der Waals surface area contributed by atoms with Gasteiger partial charge in [0.15, 0.2) is 11.2 Å². The van der Waals surface area contributed by atoms with Crippen LogP contribution < -0.4 is 0 Å². The summed E-state index contributed by atoms with van der Waals surface area (Å²) in [4.78, 5) is 64.1. The van der Waals surface area contributed by atoms with Crippen molar-refractivity contribution >= 4 is 35.8 Å². The lowest BCUT2D eigenvalue weighted by molar-refractivity contribution is -0.148. The van der Waals surface area contributed by atoms with Crippen LogP contribution in [0.5, 0.6) is 0 Å². The molecule has 28 nitrogen and oxygen atoms in total. The average molecular weight is 2050 g/mol. The van der Waals surface area contributed by atoms with Gasteiger partial charge in [0.2, 0.25) is 0 Å². The largest absolute Gasteiger partial charge is 0.481 e. The predicted molar refractivity (Wildman–Crippen MR) is 569 cm³/mol. The van der Waals surface area contributed by atoms with Crippen LogP contribution in [0.1, 0.15) is 501 Å². The first-order valence-corrected chi connectivity index (χ1v) is 55.3. The average Bonchev–Trinajstić information content (AvgIpc) is 1.67. The minimum absolute atomic E-state index is 0.0920. The highest BCUT2D eigenvalue weighted by molar-refractivity contribution is 5.74. The molecule has 0 radical (unpaired) electrons. The molecule has 0 aromatic carbocycles. The van der Waals surface area contributed by atoms with E-state index in [0.717, 1.165) is 283 Å². The van der Waals surface area contributed by atoms with Crippen molar-refractivity contribution in [2.75, 3.05) is 0 Å². The Morgan fingerprint density at radius 2 is 0.479 bits per heavy atom. The van der Waals surface area contributed by atoms with Crippen molar-refractivity contribution in [1.29, 1.82) is 0 Å². The molecule has 144 heavy (non-hydrogen) atoms. The van der Waals surface area contributed by atoms with E-state index in [0.29, 0.717) is 77.0 Å². The zero-order valence-electron chi connectivity index (χ0n) is 91.5. The van der Waals surface area contributed by atoms with Crippen molar-refractivity contribution in [2.24, 2.45) is 16.2 Å². The SMILES string of the molecule is CCCCCC#CC(O)C1OC1CCCCCCC(C)(C)C(=O)O.CCCCCC#CC(O)C1OC1CCCCCCCC(=O)O.CCCCCC(O)C(O)C(C)(O)C#CCCCCCCC(C)(C)C(=O)O.CCCCCC(O)C(O)C(C)(O)C#CCCCCCCCC(=O)O.CCCCCC(O)C(O)C(O)C#CCCCCCCC(C)(C)C(=O)O.CCCCCC(O)C(O)C(O)C#CCCCCCCCC(=O)O. The van der Waals surface area contributed by atoms with Crippen LogP contribution >= 0.6 is 0 Å². The van der Waals surface area contributed by atoms with E-state index in [1.165, 1.54) is 39.5 Å². The molecule has 0 spiro atoms. The number of aliphatic hydroxyl groups excluding tert-OH is 12. The van der Waals surface area contributed by atoms with Gasteiger partial charge in [-0.25, -0.2) is 0 Å². The molecule has 2 saturated heterocycles. The maximum absolute atomic E-state index is 11.0. The summed E-state index contributed by atoms with van der Waals surface area (Å²) >= 11 is 0. The molecule has 2 aliphatic heterocycles. The summed E-state index contributed by atoms with van der Waals surface area (Å²) in [5.41, 5.74) is -5.18. The number of hydrogen-bond acceptors (Lipinski definition) is 22. The highest BCUT2D eigenvalue weighted by atomic mass is 16.6. The second-order valence-electron chi connectivity index (χ2n) is 41.6. The Labute approximate surface area is 869 Å². The Kier molecular flexibility index (Phi) is 90.3. The van der Waals surface area contributed by atoms with Crippen LogP contribution in [-0.2, 0) is 38.2 Å². The Balaban J connectivity index is -0.000000817. The van der Waals surface area contributed by atoms with Crippen molar-refractivity contribution in [3.8, 4) is 71.0 Å². The molecule has 2 heterocycles. The van der Waals surface area contributed by atoms with E-state index < -0.39 is 137 Å². The number of ether oxygens (including phenoxy) is 2. The molecular formula is C116H204O28. The Morgan fingerprint density at radius 3 is 0.736 bits per heavy atom. The summed E-state index contributed by atoms with van der Waals surface area (Å²) in [5, 5.41) is 192. The third-order valence-corrected chi connectivity index (χ3v) is 25.8. The number of epoxide rings is 2. The molecule has 2 aliphatic rings. The van der Waals surface area contributed by atoms with E-state index in [4.69, 9.17) is 40.1 Å². The lowest BCUT2D eigenvalue weighted by Gasteiger charge is -2.27. The number of aliphatic hydroxyl groups is 14. The maximum atomic E-state index is 11.0. The topological polar surface area (TPSA) is 532 Å². The van der Waals surface area contributed by atoms with Gasteiger partial charge >= 0.3 is 35.8 Å². The lowest BCUT2D eigenvalue weighted by atomic mass is 9.87. The molecular weight excluding hydrogens is 1840 g/mol. The number of carboxylic acid groups (broad SMARTS) is 6. The van der Waals surface area contributed by atoms with Crippen LogP contribution in [0.3, 0.4) is 0 Å². The minimum Gasteiger partial charge on any atom is -0.481 e. The molecule has 0 amide bonds. The molecule has 28 heteroatoms. The van der Waals surface area contributed by atoms with Gasteiger partial charge in [0.1, 0.15) is 61.0 Å². The zero-order chi connectivity index (χ0) is 110. The molecule has 18 atom stereocenters. The molecule has 2 fully saturated rings. The van der Waals surface area contributed by atoms with Gasteiger partial charge in [-0.2, -0.15) is 0 Å². The van der Waals surface area contributed by atoms with Crippen molar-refractivity contribution in [2.45, 2.75) is 610 Å². The zero-order valence-corrected chi connectivity index (χ0v) is 91.5. The fraction of sp³-hybridized carbons (Fsp3) is 0.845. The van der Waals surface area contributed by atoms with Gasteiger partial charge in [0, 0.05) is 57.8 Å². The summed E-state index contributed by atoms with van der Waals surface area (Å²) in [5.74, 6) is 29.4. The fourth-order valence-electron chi connectivity index (χ4n) is 15.2. The van der Waals surface area contributed by atoms with Crippen LogP contribution in [0.2, 0.25) is 0 Å². The van der Waals surface area contributed by atoms with Crippen molar-refractivity contribution in [3.63, 3.8) is 0 Å². The van der Waals surface area contributed by atoms with E-state index in [-0.39, 0.29) is 43.7 Å². The summed E-state index contributed by atoms with van der Waals surface area (Å²) in [7, 11) is 0. The summed E-state index contributed by atoms with van der Waals surface area (Å²) in [6, 6.07) is 0. The summed E-state index contributed by atoms with van der Waals surface area (Å²) in [6.45, 7) is 26.0. The van der Waals surface area contributed by atoms with Crippen LogP contribution in [0, 0.1) is 87.3 Å².